The van der Waals surface area contributed by atoms with Gasteiger partial charge in [0.15, 0.2) is 16.6 Å². The molecule has 0 aliphatic carbocycles. The second-order valence-corrected chi connectivity index (χ2v) is 5.43. The van der Waals surface area contributed by atoms with E-state index < -0.39 is 22.2 Å². The molecule has 3 aromatic rings. The van der Waals surface area contributed by atoms with Gasteiger partial charge in [0.1, 0.15) is 0 Å². The lowest BCUT2D eigenvalue weighted by atomic mass is 10.2. The van der Waals surface area contributed by atoms with Crippen LogP contribution >= 0.6 is 23.2 Å². The standard InChI is InChI=1S/C14H9Cl2FN4O2/c1-2-9-10(7(15)3-4-18-9)21-12-6(13(22)20-14(21)23)5-8(17)11(16)19-12/h3-5H,2H2,1H3,(H,20,22,23). The molecule has 118 valence electrons. The fourth-order valence-corrected chi connectivity index (χ4v) is 2.67. The van der Waals surface area contributed by atoms with Gasteiger partial charge in [-0.1, -0.05) is 30.1 Å². The van der Waals surface area contributed by atoms with Crippen LogP contribution in [0.2, 0.25) is 10.2 Å². The zero-order valence-corrected chi connectivity index (χ0v) is 13.2. The Balaban J connectivity index is 2.56. The van der Waals surface area contributed by atoms with Gasteiger partial charge >= 0.3 is 5.69 Å². The van der Waals surface area contributed by atoms with E-state index in [-0.39, 0.29) is 21.7 Å². The molecule has 0 aliphatic rings. The van der Waals surface area contributed by atoms with Crippen molar-refractivity contribution < 1.29 is 4.39 Å². The first-order valence-corrected chi connectivity index (χ1v) is 7.34. The highest BCUT2D eigenvalue weighted by Gasteiger charge is 2.18. The predicted molar refractivity (Wildman–Crippen MR) is 85.1 cm³/mol. The van der Waals surface area contributed by atoms with Crippen LogP contribution in [0.4, 0.5) is 4.39 Å². The van der Waals surface area contributed by atoms with E-state index in [2.05, 4.69) is 15.0 Å². The summed E-state index contributed by atoms with van der Waals surface area (Å²) < 4.78 is 14.7. The summed E-state index contributed by atoms with van der Waals surface area (Å²) in [7, 11) is 0. The van der Waals surface area contributed by atoms with E-state index in [0.717, 1.165) is 10.6 Å². The summed E-state index contributed by atoms with van der Waals surface area (Å²) in [6.45, 7) is 1.83. The molecule has 1 N–H and O–H groups in total. The molecule has 0 saturated carbocycles. The third kappa shape index (κ3) is 2.51. The Bertz CT molecular complexity index is 1050. The van der Waals surface area contributed by atoms with Crippen molar-refractivity contribution in [3.05, 3.63) is 60.9 Å². The summed E-state index contributed by atoms with van der Waals surface area (Å²) in [5.74, 6) is -0.858. The summed E-state index contributed by atoms with van der Waals surface area (Å²) in [4.78, 5) is 34.4. The van der Waals surface area contributed by atoms with Crippen molar-refractivity contribution >= 4 is 34.2 Å². The Labute approximate surface area is 138 Å². The molecule has 3 rings (SSSR count). The molecule has 9 heteroatoms. The predicted octanol–water partition coefficient (Wildman–Crippen LogP) is 2.48. The minimum atomic E-state index is -0.858. The fraction of sp³-hybridized carbons (Fsp3) is 0.143. The van der Waals surface area contributed by atoms with Gasteiger partial charge in [0.25, 0.3) is 5.56 Å². The number of rotatable bonds is 2. The average molecular weight is 355 g/mol. The van der Waals surface area contributed by atoms with E-state index in [1.54, 1.807) is 0 Å². The maximum atomic E-state index is 13.6. The van der Waals surface area contributed by atoms with Crippen LogP contribution in [0.15, 0.2) is 27.9 Å². The SMILES string of the molecule is CCc1nccc(Cl)c1-n1c(=O)[nH]c(=O)c2cc(F)c(Cl)nc21. The molecule has 0 fully saturated rings. The minimum Gasteiger partial charge on any atom is -0.273 e. The Morgan fingerprint density at radius 2 is 2.09 bits per heavy atom. The molecule has 23 heavy (non-hydrogen) atoms. The van der Waals surface area contributed by atoms with E-state index in [1.165, 1.54) is 12.3 Å². The highest BCUT2D eigenvalue weighted by atomic mass is 35.5. The number of hydrogen-bond donors (Lipinski definition) is 1. The lowest BCUT2D eigenvalue weighted by Crippen LogP contribution is -2.31. The highest BCUT2D eigenvalue weighted by molar-refractivity contribution is 6.32. The topological polar surface area (TPSA) is 80.6 Å². The molecule has 0 atom stereocenters. The molecule has 0 saturated heterocycles. The summed E-state index contributed by atoms with van der Waals surface area (Å²) >= 11 is 11.9. The Hall–Kier alpha value is -2.25. The molecular formula is C14H9Cl2FN4O2. The zero-order valence-electron chi connectivity index (χ0n) is 11.7. The van der Waals surface area contributed by atoms with Crippen molar-refractivity contribution in [1.29, 1.82) is 0 Å². The van der Waals surface area contributed by atoms with Gasteiger partial charge in [-0.15, -0.1) is 0 Å². The average Bonchev–Trinajstić information content (AvgIpc) is 2.50. The number of fused-ring (bicyclic) bond motifs is 1. The van der Waals surface area contributed by atoms with Gasteiger partial charge in [0, 0.05) is 6.20 Å². The van der Waals surface area contributed by atoms with Crippen LogP contribution in [-0.2, 0) is 6.42 Å². The van der Waals surface area contributed by atoms with E-state index in [9.17, 15) is 14.0 Å². The number of nitrogens with one attached hydrogen (secondary N) is 1. The van der Waals surface area contributed by atoms with Gasteiger partial charge in [-0.25, -0.2) is 18.7 Å². The smallest absolute Gasteiger partial charge is 0.273 e. The molecule has 0 spiro atoms. The Morgan fingerprint density at radius 1 is 1.35 bits per heavy atom. The molecule has 6 nitrogen and oxygen atoms in total. The third-order valence-corrected chi connectivity index (χ3v) is 3.87. The Kier molecular flexibility index (Phi) is 3.91. The zero-order chi connectivity index (χ0) is 16.7. The monoisotopic (exact) mass is 354 g/mol. The van der Waals surface area contributed by atoms with Crippen LogP contribution in [0.1, 0.15) is 12.6 Å². The minimum absolute atomic E-state index is 0.0882. The molecule has 0 aliphatic heterocycles. The van der Waals surface area contributed by atoms with Crippen LogP contribution in [0.5, 0.6) is 0 Å². The maximum absolute atomic E-state index is 13.6. The van der Waals surface area contributed by atoms with Gasteiger partial charge in [-0.2, -0.15) is 0 Å². The van der Waals surface area contributed by atoms with Crippen molar-refractivity contribution in [2.45, 2.75) is 13.3 Å². The second kappa shape index (κ2) is 5.75. The highest BCUT2D eigenvalue weighted by Crippen LogP contribution is 2.25. The molecule has 0 unspecified atom stereocenters. The number of aryl methyl sites for hydroxylation is 1. The molecule has 3 heterocycles. The number of hydrogen-bond acceptors (Lipinski definition) is 4. The number of aromatic amines is 1. The number of nitrogens with zero attached hydrogens (tertiary/aromatic N) is 3. The fourth-order valence-electron chi connectivity index (χ4n) is 2.28. The molecule has 3 aromatic heterocycles. The second-order valence-electron chi connectivity index (χ2n) is 4.67. The summed E-state index contributed by atoms with van der Waals surface area (Å²) in [5.41, 5.74) is -0.812. The van der Waals surface area contributed by atoms with Crippen LogP contribution in [0.3, 0.4) is 0 Å². The van der Waals surface area contributed by atoms with Crippen molar-refractivity contribution in [2.75, 3.05) is 0 Å². The molecule has 0 amide bonds. The number of halogens is 3. The first kappa shape index (κ1) is 15.6. The first-order chi connectivity index (χ1) is 10.9. The van der Waals surface area contributed by atoms with Gasteiger partial charge in [0.05, 0.1) is 21.8 Å². The molecule has 0 aromatic carbocycles. The molecule has 0 radical (unpaired) electrons. The number of H-pyrrole nitrogens is 1. The third-order valence-electron chi connectivity index (χ3n) is 3.30. The first-order valence-electron chi connectivity index (χ1n) is 6.59. The van der Waals surface area contributed by atoms with Crippen LogP contribution in [0.25, 0.3) is 16.7 Å². The van der Waals surface area contributed by atoms with Crippen LogP contribution in [0, 0.1) is 5.82 Å². The van der Waals surface area contributed by atoms with Gasteiger partial charge in [-0.3, -0.25) is 14.8 Å². The van der Waals surface area contributed by atoms with E-state index in [1.807, 2.05) is 6.92 Å². The van der Waals surface area contributed by atoms with Gasteiger partial charge in [0.2, 0.25) is 0 Å². The van der Waals surface area contributed by atoms with Crippen LogP contribution in [-0.4, -0.2) is 19.5 Å². The molecule has 0 bridgehead atoms. The quantitative estimate of drug-likeness (QED) is 0.716. The summed E-state index contributed by atoms with van der Waals surface area (Å²) in [6, 6.07) is 2.43. The normalized spacial score (nSPS) is 11.1. The Morgan fingerprint density at radius 3 is 2.78 bits per heavy atom. The lowest BCUT2D eigenvalue weighted by molar-refractivity contribution is 0.623. The number of aromatic nitrogens is 4. The van der Waals surface area contributed by atoms with E-state index >= 15 is 0 Å². The van der Waals surface area contributed by atoms with Crippen molar-refractivity contribution in [3.8, 4) is 5.69 Å². The van der Waals surface area contributed by atoms with E-state index in [0.29, 0.717) is 12.1 Å². The van der Waals surface area contributed by atoms with Crippen molar-refractivity contribution in [2.24, 2.45) is 0 Å². The van der Waals surface area contributed by atoms with Gasteiger partial charge in [-0.05, 0) is 18.6 Å². The van der Waals surface area contributed by atoms with Crippen molar-refractivity contribution in [1.82, 2.24) is 19.5 Å². The van der Waals surface area contributed by atoms with Gasteiger partial charge < -0.3 is 0 Å². The molecular weight excluding hydrogens is 346 g/mol. The summed E-state index contributed by atoms with van der Waals surface area (Å²) in [6.07, 6.45) is 1.99. The van der Waals surface area contributed by atoms with Crippen LogP contribution < -0.4 is 11.2 Å². The summed E-state index contributed by atoms with van der Waals surface area (Å²) in [5, 5.41) is -0.322. The van der Waals surface area contributed by atoms with Crippen molar-refractivity contribution in [3.63, 3.8) is 0 Å². The number of pyridine rings is 2. The maximum Gasteiger partial charge on any atom is 0.334 e. The largest absolute Gasteiger partial charge is 0.334 e. The lowest BCUT2D eigenvalue weighted by Gasteiger charge is -2.13. The van der Waals surface area contributed by atoms with E-state index in [4.69, 9.17) is 23.2 Å².